The highest BCUT2D eigenvalue weighted by Gasteiger charge is 2.29. The first kappa shape index (κ1) is 14.0. The van der Waals surface area contributed by atoms with Crippen molar-refractivity contribution >= 4 is 27.0 Å². The largest absolute Gasteiger partial charge is 0.355 e. The molecule has 2 heterocycles. The Morgan fingerprint density at radius 3 is 2.95 bits per heavy atom. The molecule has 0 radical (unpaired) electrons. The maximum atomic E-state index is 12.2. The van der Waals surface area contributed by atoms with Crippen LogP contribution in [0.5, 0.6) is 0 Å². The Bertz CT molecular complexity index is 765. The quantitative estimate of drug-likeness (QED) is 0.671. The van der Waals surface area contributed by atoms with Crippen molar-refractivity contribution in [2.45, 2.75) is 17.7 Å². The van der Waals surface area contributed by atoms with E-state index in [2.05, 4.69) is 20.0 Å². The fourth-order valence-corrected chi connectivity index (χ4v) is 3.29. The lowest BCUT2D eigenvalue weighted by Crippen LogP contribution is -2.35. The van der Waals surface area contributed by atoms with E-state index in [0.717, 1.165) is 12.8 Å². The second-order valence-electron chi connectivity index (χ2n) is 5.02. The molecule has 1 aliphatic carbocycles. The molecule has 21 heavy (non-hydrogen) atoms. The Labute approximate surface area is 122 Å². The molecule has 0 unspecified atom stereocenters. The van der Waals surface area contributed by atoms with Gasteiger partial charge in [0.1, 0.15) is 10.5 Å². The molecular formula is C13H16N4O3S. The lowest BCUT2D eigenvalue weighted by atomic mass is 10.3. The van der Waals surface area contributed by atoms with Crippen molar-refractivity contribution < 1.29 is 13.2 Å². The van der Waals surface area contributed by atoms with Crippen molar-refractivity contribution in [1.82, 2.24) is 20.0 Å². The third kappa shape index (κ3) is 3.06. The summed E-state index contributed by atoms with van der Waals surface area (Å²) in [5, 5.41) is 3.26. The van der Waals surface area contributed by atoms with E-state index in [1.165, 1.54) is 6.20 Å². The number of carbonyl (C=O) groups excluding carboxylic acids is 1. The molecule has 0 aromatic carbocycles. The molecule has 1 saturated carbocycles. The molecule has 0 spiro atoms. The average molecular weight is 308 g/mol. The molecule has 2 aromatic rings. The van der Waals surface area contributed by atoms with Crippen molar-refractivity contribution in [3.05, 3.63) is 24.5 Å². The molecule has 0 atom stereocenters. The van der Waals surface area contributed by atoms with E-state index in [-0.39, 0.29) is 29.8 Å². The van der Waals surface area contributed by atoms with Crippen molar-refractivity contribution in [2.75, 3.05) is 13.1 Å². The first-order valence-electron chi connectivity index (χ1n) is 6.77. The number of hydrogen-bond acceptors (Lipinski definition) is 4. The Balaban J connectivity index is 1.62. The maximum absolute atomic E-state index is 12.2. The Morgan fingerprint density at radius 2 is 2.19 bits per heavy atom. The normalized spacial score (nSPS) is 15.2. The number of amides is 1. The summed E-state index contributed by atoms with van der Waals surface area (Å²) in [6, 6.07) is 3.38. The molecule has 0 bridgehead atoms. The summed E-state index contributed by atoms with van der Waals surface area (Å²) >= 11 is 0. The van der Waals surface area contributed by atoms with Gasteiger partial charge in [-0.05, 0) is 25.0 Å². The predicted molar refractivity (Wildman–Crippen MR) is 77.0 cm³/mol. The summed E-state index contributed by atoms with van der Waals surface area (Å²) < 4.78 is 26.9. The van der Waals surface area contributed by atoms with Crippen LogP contribution in [-0.4, -0.2) is 37.4 Å². The van der Waals surface area contributed by atoms with Crippen LogP contribution < -0.4 is 10.0 Å². The standard InChI is InChI=1S/C13H16N4O3S/c18-13(9-3-4-9)15-6-7-17-21(19,20)11-8-16-12-10(11)2-1-5-14-12/h1-2,5,8-9,17H,3-4,6-7H2,(H,14,16)(H,15,18). The van der Waals surface area contributed by atoms with E-state index in [1.54, 1.807) is 18.3 Å². The van der Waals surface area contributed by atoms with Gasteiger partial charge in [-0.2, -0.15) is 0 Å². The van der Waals surface area contributed by atoms with E-state index in [0.29, 0.717) is 11.0 Å². The summed E-state index contributed by atoms with van der Waals surface area (Å²) in [7, 11) is -3.62. The fourth-order valence-electron chi connectivity index (χ4n) is 2.09. The summed E-state index contributed by atoms with van der Waals surface area (Å²) in [6.07, 6.45) is 4.87. The Kier molecular flexibility index (Phi) is 3.64. The van der Waals surface area contributed by atoms with Crippen molar-refractivity contribution in [3.8, 4) is 0 Å². The van der Waals surface area contributed by atoms with Gasteiger partial charge in [0.15, 0.2) is 0 Å². The fraction of sp³-hybridized carbons (Fsp3) is 0.385. The number of rotatable bonds is 6. The van der Waals surface area contributed by atoms with Gasteiger partial charge >= 0.3 is 0 Å². The SMILES string of the molecule is O=C(NCCNS(=O)(=O)c1c[nH]c2ncccc12)C1CC1. The zero-order chi connectivity index (χ0) is 14.9. The minimum Gasteiger partial charge on any atom is -0.355 e. The number of hydrogen-bond donors (Lipinski definition) is 3. The second kappa shape index (κ2) is 5.45. The number of pyridine rings is 1. The molecule has 1 aliphatic rings. The third-order valence-electron chi connectivity index (χ3n) is 3.37. The number of aromatic nitrogens is 2. The van der Waals surface area contributed by atoms with Crippen LogP contribution in [0.25, 0.3) is 11.0 Å². The number of nitrogens with one attached hydrogen (secondary N) is 3. The van der Waals surface area contributed by atoms with E-state index < -0.39 is 10.0 Å². The van der Waals surface area contributed by atoms with Crippen LogP contribution >= 0.6 is 0 Å². The molecule has 2 aromatic heterocycles. The predicted octanol–water partition coefficient (Wildman–Crippen LogP) is 0.367. The molecular weight excluding hydrogens is 292 g/mol. The van der Waals surface area contributed by atoms with Gasteiger partial charge in [0.2, 0.25) is 15.9 Å². The van der Waals surface area contributed by atoms with Crippen molar-refractivity contribution in [3.63, 3.8) is 0 Å². The van der Waals surface area contributed by atoms with Crippen molar-refractivity contribution in [2.24, 2.45) is 5.92 Å². The third-order valence-corrected chi connectivity index (χ3v) is 4.87. The second-order valence-corrected chi connectivity index (χ2v) is 6.75. The topological polar surface area (TPSA) is 104 Å². The smallest absolute Gasteiger partial charge is 0.242 e. The molecule has 0 saturated heterocycles. The number of nitrogens with zero attached hydrogens (tertiary/aromatic N) is 1. The molecule has 7 nitrogen and oxygen atoms in total. The van der Waals surface area contributed by atoms with Gasteiger partial charge in [-0.25, -0.2) is 18.1 Å². The monoisotopic (exact) mass is 308 g/mol. The van der Waals surface area contributed by atoms with Crippen LogP contribution in [0.4, 0.5) is 0 Å². The minimum atomic E-state index is -3.62. The number of fused-ring (bicyclic) bond motifs is 1. The van der Waals surface area contributed by atoms with Crippen LogP contribution in [0.2, 0.25) is 0 Å². The molecule has 1 fully saturated rings. The molecule has 0 aliphatic heterocycles. The van der Waals surface area contributed by atoms with E-state index in [4.69, 9.17) is 0 Å². The van der Waals surface area contributed by atoms with Gasteiger partial charge in [0.25, 0.3) is 0 Å². The van der Waals surface area contributed by atoms with Gasteiger partial charge < -0.3 is 10.3 Å². The minimum absolute atomic E-state index is 0.00509. The molecule has 3 N–H and O–H groups in total. The summed E-state index contributed by atoms with van der Waals surface area (Å²) in [6.45, 7) is 0.447. The van der Waals surface area contributed by atoms with E-state index >= 15 is 0 Å². The zero-order valence-electron chi connectivity index (χ0n) is 11.3. The number of carbonyl (C=O) groups is 1. The molecule has 1 amide bonds. The molecule has 8 heteroatoms. The summed E-state index contributed by atoms with van der Waals surface area (Å²) in [5.41, 5.74) is 0.528. The highest BCUT2D eigenvalue weighted by Crippen LogP contribution is 2.28. The average Bonchev–Trinajstić information content (AvgIpc) is 3.22. The van der Waals surface area contributed by atoms with Gasteiger partial charge in [-0.1, -0.05) is 0 Å². The van der Waals surface area contributed by atoms with E-state index in [1.807, 2.05) is 0 Å². The summed E-state index contributed by atoms with van der Waals surface area (Å²) in [5.74, 6) is 0.131. The van der Waals surface area contributed by atoms with Crippen LogP contribution in [0.15, 0.2) is 29.4 Å². The van der Waals surface area contributed by atoms with Crippen LogP contribution in [0, 0.1) is 5.92 Å². The van der Waals surface area contributed by atoms with E-state index in [9.17, 15) is 13.2 Å². The van der Waals surface area contributed by atoms with Gasteiger partial charge in [-0.3, -0.25) is 4.79 Å². The lowest BCUT2D eigenvalue weighted by molar-refractivity contribution is -0.122. The van der Waals surface area contributed by atoms with Gasteiger partial charge in [0, 0.05) is 36.8 Å². The first-order valence-corrected chi connectivity index (χ1v) is 8.26. The first-order chi connectivity index (χ1) is 10.1. The summed E-state index contributed by atoms with van der Waals surface area (Å²) in [4.78, 5) is 18.5. The Hall–Kier alpha value is -1.93. The highest BCUT2D eigenvalue weighted by atomic mass is 32.2. The van der Waals surface area contributed by atoms with Crippen molar-refractivity contribution in [1.29, 1.82) is 0 Å². The molecule has 112 valence electrons. The molecule has 3 rings (SSSR count). The zero-order valence-corrected chi connectivity index (χ0v) is 12.1. The lowest BCUT2D eigenvalue weighted by Gasteiger charge is -2.07. The van der Waals surface area contributed by atoms with Crippen LogP contribution in [-0.2, 0) is 14.8 Å². The maximum Gasteiger partial charge on any atom is 0.242 e. The van der Waals surface area contributed by atoms with Crippen LogP contribution in [0.3, 0.4) is 0 Å². The van der Waals surface area contributed by atoms with Crippen LogP contribution in [0.1, 0.15) is 12.8 Å². The Morgan fingerprint density at radius 1 is 1.38 bits per heavy atom. The number of aromatic amines is 1. The van der Waals surface area contributed by atoms with Gasteiger partial charge in [-0.15, -0.1) is 0 Å². The number of H-pyrrole nitrogens is 1. The highest BCUT2D eigenvalue weighted by molar-refractivity contribution is 7.89. The van der Waals surface area contributed by atoms with Gasteiger partial charge in [0.05, 0.1) is 0 Å². The number of sulfonamides is 1.